The third-order valence-corrected chi connectivity index (χ3v) is 2.70. The largest absolute Gasteiger partial charge is 0.307 e. The van der Waals surface area contributed by atoms with Crippen molar-refractivity contribution in [1.29, 1.82) is 0 Å². The van der Waals surface area contributed by atoms with Crippen LogP contribution in [-0.4, -0.2) is 6.54 Å². The van der Waals surface area contributed by atoms with E-state index in [9.17, 15) is 0 Å². The summed E-state index contributed by atoms with van der Waals surface area (Å²) in [6.07, 6.45) is 1.85. The molecule has 0 saturated heterocycles. The van der Waals surface area contributed by atoms with Crippen molar-refractivity contribution in [2.24, 2.45) is 0 Å². The molecule has 0 bridgehead atoms. The summed E-state index contributed by atoms with van der Waals surface area (Å²) in [5.41, 5.74) is 1.08. The standard InChI is InChI=1S/C11H13Cl2N/c1-3-11(14-4-2)8-5-6-9(12)10(13)7-8/h3,5-7,11,14H,1,4H2,2H3. The van der Waals surface area contributed by atoms with Gasteiger partial charge in [-0.3, -0.25) is 0 Å². The molecule has 0 aliphatic rings. The number of benzene rings is 1. The van der Waals surface area contributed by atoms with Crippen LogP contribution in [0.1, 0.15) is 18.5 Å². The molecule has 0 aliphatic carbocycles. The number of hydrogen-bond acceptors (Lipinski definition) is 1. The maximum atomic E-state index is 5.92. The van der Waals surface area contributed by atoms with Crippen molar-refractivity contribution >= 4 is 23.2 Å². The molecule has 1 N–H and O–H groups in total. The fraction of sp³-hybridized carbons (Fsp3) is 0.273. The predicted octanol–water partition coefficient (Wildman–Crippen LogP) is 3.83. The second-order valence-electron chi connectivity index (χ2n) is 2.94. The highest BCUT2D eigenvalue weighted by molar-refractivity contribution is 6.42. The Morgan fingerprint density at radius 3 is 2.64 bits per heavy atom. The van der Waals surface area contributed by atoms with Gasteiger partial charge in [-0.1, -0.05) is 42.3 Å². The minimum absolute atomic E-state index is 0.134. The molecule has 0 aliphatic heterocycles. The highest BCUT2D eigenvalue weighted by Gasteiger charge is 2.07. The van der Waals surface area contributed by atoms with Crippen LogP contribution in [0.5, 0.6) is 0 Å². The molecule has 3 heteroatoms. The number of nitrogens with one attached hydrogen (secondary N) is 1. The van der Waals surface area contributed by atoms with Gasteiger partial charge in [-0.15, -0.1) is 6.58 Å². The van der Waals surface area contributed by atoms with E-state index in [1.807, 2.05) is 25.1 Å². The number of rotatable bonds is 4. The third-order valence-electron chi connectivity index (χ3n) is 1.96. The normalized spacial score (nSPS) is 12.5. The van der Waals surface area contributed by atoms with Crippen LogP contribution in [0.25, 0.3) is 0 Å². The molecule has 1 atom stereocenters. The zero-order valence-corrected chi connectivity index (χ0v) is 9.57. The zero-order chi connectivity index (χ0) is 10.6. The number of likely N-dealkylation sites (N-methyl/N-ethyl adjacent to an activating group) is 1. The van der Waals surface area contributed by atoms with E-state index in [2.05, 4.69) is 11.9 Å². The molecule has 1 aromatic rings. The summed E-state index contributed by atoms with van der Waals surface area (Å²) in [4.78, 5) is 0. The van der Waals surface area contributed by atoms with Gasteiger partial charge in [0.05, 0.1) is 16.1 Å². The first-order valence-corrected chi connectivity index (χ1v) is 5.25. The van der Waals surface area contributed by atoms with E-state index in [4.69, 9.17) is 23.2 Å². The SMILES string of the molecule is C=CC(NCC)c1ccc(Cl)c(Cl)c1. The maximum absolute atomic E-state index is 5.92. The molecule has 1 rings (SSSR count). The molecular formula is C11H13Cl2N. The molecule has 1 nitrogen and oxygen atoms in total. The summed E-state index contributed by atoms with van der Waals surface area (Å²) in [6, 6.07) is 5.74. The average Bonchev–Trinajstić information content (AvgIpc) is 2.19. The second kappa shape index (κ2) is 5.40. The van der Waals surface area contributed by atoms with Crippen molar-refractivity contribution in [2.75, 3.05) is 6.54 Å². The Bertz CT molecular complexity index is 323. The molecule has 0 radical (unpaired) electrons. The van der Waals surface area contributed by atoms with E-state index in [1.165, 1.54) is 0 Å². The van der Waals surface area contributed by atoms with E-state index in [-0.39, 0.29) is 6.04 Å². The topological polar surface area (TPSA) is 12.0 Å². The average molecular weight is 230 g/mol. The molecule has 0 amide bonds. The lowest BCUT2D eigenvalue weighted by molar-refractivity contribution is 0.649. The maximum Gasteiger partial charge on any atom is 0.0595 e. The molecule has 0 fully saturated rings. The third kappa shape index (κ3) is 2.74. The minimum atomic E-state index is 0.134. The summed E-state index contributed by atoms with van der Waals surface area (Å²) < 4.78 is 0. The summed E-state index contributed by atoms with van der Waals surface area (Å²) in [7, 11) is 0. The first-order chi connectivity index (χ1) is 6.69. The van der Waals surface area contributed by atoms with Gasteiger partial charge in [-0.25, -0.2) is 0 Å². The lowest BCUT2D eigenvalue weighted by atomic mass is 10.1. The second-order valence-corrected chi connectivity index (χ2v) is 3.76. The van der Waals surface area contributed by atoms with Gasteiger partial charge < -0.3 is 5.32 Å². The minimum Gasteiger partial charge on any atom is -0.307 e. The van der Waals surface area contributed by atoms with E-state index in [1.54, 1.807) is 6.07 Å². The smallest absolute Gasteiger partial charge is 0.0595 e. The van der Waals surface area contributed by atoms with Crippen molar-refractivity contribution in [2.45, 2.75) is 13.0 Å². The van der Waals surface area contributed by atoms with Gasteiger partial charge in [-0.2, -0.15) is 0 Å². The van der Waals surface area contributed by atoms with Crippen molar-refractivity contribution in [3.63, 3.8) is 0 Å². The first kappa shape index (κ1) is 11.6. The molecule has 0 aromatic heterocycles. The van der Waals surface area contributed by atoms with Crippen molar-refractivity contribution < 1.29 is 0 Å². The van der Waals surface area contributed by atoms with E-state index < -0.39 is 0 Å². The van der Waals surface area contributed by atoms with Crippen LogP contribution >= 0.6 is 23.2 Å². The Morgan fingerprint density at radius 1 is 1.43 bits per heavy atom. The summed E-state index contributed by atoms with van der Waals surface area (Å²) >= 11 is 11.7. The fourth-order valence-electron chi connectivity index (χ4n) is 1.26. The molecular weight excluding hydrogens is 217 g/mol. The lowest BCUT2D eigenvalue weighted by Gasteiger charge is -2.14. The van der Waals surface area contributed by atoms with Crippen molar-refractivity contribution in [1.82, 2.24) is 5.32 Å². The number of hydrogen-bond donors (Lipinski definition) is 1. The summed E-state index contributed by atoms with van der Waals surface area (Å²) in [5.74, 6) is 0. The quantitative estimate of drug-likeness (QED) is 0.775. The fourth-order valence-corrected chi connectivity index (χ4v) is 1.57. The van der Waals surface area contributed by atoms with Gasteiger partial charge >= 0.3 is 0 Å². The Labute approximate surface area is 94.7 Å². The predicted molar refractivity (Wildman–Crippen MR) is 63.1 cm³/mol. The van der Waals surface area contributed by atoms with Crippen LogP contribution in [0.3, 0.4) is 0 Å². The monoisotopic (exact) mass is 229 g/mol. The van der Waals surface area contributed by atoms with Gasteiger partial charge in [0.15, 0.2) is 0 Å². The van der Waals surface area contributed by atoms with Gasteiger partial charge in [0.2, 0.25) is 0 Å². The molecule has 76 valence electrons. The van der Waals surface area contributed by atoms with Crippen LogP contribution in [0.4, 0.5) is 0 Å². The zero-order valence-electron chi connectivity index (χ0n) is 8.06. The highest BCUT2D eigenvalue weighted by atomic mass is 35.5. The van der Waals surface area contributed by atoms with Gasteiger partial charge in [0.1, 0.15) is 0 Å². The molecule has 0 saturated carbocycles. The summed E-state index contributed by atoms with van der Waals surface area (Å²) in [5, 5.41) is 4.43. The molecule has 14 heavy (non-hydrogen) atoms. The van der Waals surface area contributed by atoms with Crippen LogP contribution in [0.2, 0.25) is 10.0 Å². The van der Waals surface area contributed by atoms with Crippen LogP contribution in [-0.2, 0) is 0 Å². The first-order valence-electron chi connectivity index (χ1n) is 4.50. The van der Waals surface area contributed by atoms with Crippen LogP contribution < -0.4 is 5.32 Å². The van der Waals surface area contributed by atoms with Crippen LogP contribution in [0, 0.1) is 0 Å². The van der Waals surface area contributed by atoms with Crippen molar-refractivity contribution in [3.8, 4) is 0 Å². The molecule has 1 unspecified atom stereocenters. The van der Waals surface area contributed by atoms with Gasteiger partial charge in [0, 0.05) is 0 Å². The van der Waals surface area contributed by atoms with Crippen LogP contribution in [0.15, 0.2) is 30.9 Å². The Hall–Kier alpha value is -0.500. The molecule has 0 heterocycles. The van der Waals surface area contributed by atoms with E-state index >= 15 is 0 Å². The van der Waals surface area contributed by atoms with Gasteiger partial charge in [-0.05, 0) is 24.2 Å². The van der Waals surface area contributed by atoms with Gasteiger partial charge in [0.25, 0.3) is 0 Å². The van der Waals surface area contributed by atoms with E-state index in [0.29, 0.717) is 10.0 Å². The number of halogens is 2. The molecule has 0 spiro atoms. The molecule has 1 aromatic carbocycles. The Balaban J connectivity index is 2.93. The van der Waals surface area contributed by atoms with Crippen molar-refractivity contribution in [3.05, 3.63) is 46.5 Å². The lowest BCUT2D eigenvalue weighted by Crippen LogP contribution is -2.18. The highest BCUT2D eigenvalue weighted by Crippen LogP contribution is 2.25. The van der Waals surface area contributed by atoms with E-state index in [0.717, 1.165) is 12.1 Å². The Kier molecular flexibility index (Phi) is 4.46. The Morgan fingerprint density at radius 2 is 2.14 bits per heavy atom. The summed E-state index contributed by atoms with van der Waals surface area (Å²) in [6.45, 7) is 6.71.